The molecule has 2 fully saturated rings. The number of amides is 2. The molecule has 0 spiro atoms. The maximum Gasteiger partial charge on any atom is 0.317 e. The van der Waals surface area contributed by atoms with Crippen molar-refractivity contribution in [1.29, 1.82) is 0 Å². The molecule has 1 saturated heterocycles. The lowest BCUT2D eigenvalue weighted by Crippen LogP contribution is -2.40. The molecule has 3 heterocycles. The van der Waals surface area contributed by atoms with Gasteiger partial charge in [0.15, 0.2) is 5.65 Å². The molecule has 1 atom stereocenters. The van der Waals surface area contributed by atoms with Gasteiger partial charge in [-0.2, -0.15) is 5.10 Å². The molecular formula is C20H27F2N5O. The highest BCUT2D eigenvalue weighted by atomic mass is 19.3. The first-order valence-corrected chi connectivity index (χ1v) is 10.1. The summed E-state index contributed by atoms with van der Waals surface area (Å²) in [6.45, 7) is 3.25. The number of nitrogens with zero attached hydrogens (tertiary/aromatic N) is 4. The van der Waals surface area contributed by atoms with E-state index in [-0.39, 0.29) is 30.8 Å². The first kappa shape index (κ1) is 19.1. The molecule has 28 heavy (non-hydrogen) atoms. The minimum absolute atomic E-state index is 0.0239. The number of aromatic nitrogens is 3. The smallest absolute Gasteiger partial charge is 0.317 e. The third-order valence-electron chi connectivity index (χ3n) is 5.86. The topological polar surface area (TPSA) is 62.5 Å². The highest BCUT2D eigenvalue weighted by molar-refractivity contribution is 5.74. The normalized spacial score (nSPS) is 23.6. The van der Waals surface area contributed by atoms with Gasteiger partial charge in [0.25, 0.3) is 0 Å². The summed E-state index contributed by atoms with van der Waals surface area (Å²) < 4.78 is 28.4. The van der Waals surface area contributed by atoms with Crippen molar-refractivity contribution in [3.63, 3.8) is 0 Å². The van der Waals surface area contributed by atoms with E-state index in [0.29, 0.717) is 25.8 Å². The fourth-order valence-electron chi connectivity index (χ4n) is 4.18. The summed E-state index contributed by atoms with van der Waals surface area (Å²) in [6, 6.07) is 2.11. The summed E-state index contributed by atoms with van der Waals surface area (Å²) in [6.07, 6.45) is 7.35. The Bertz CT molecular complexity index is 842. The Morgan fingerprint density at radius 1 is 1.29 bits per heavy atom. The molecule has 152 valence electrons. The Kier molecular flexibility index (Phi) is 5.21. The number of carbonyl (C=O) groups is 1. The largest absolute Gasteiger partial charge is 0.336 e. The lowest BCUT2D eigenvalue weighted by molar-refractivity contribution is -0.0457. The molecule has 1 aliphatic heterocycles. The second-order valence-electron chi connectivity index (χ2n) is 8.32. The van der Waals surface area contributed by atoms with Crippen LogP contribution in [-0.2, 0) is 13.0 Å². The van der Waals surface area contributed by atoms with E-state index in [9.17, 15) is 13.6 Å². The summed E-state index contributed by atoms with van der Waals surface area (Å²) in [7, 11) is 0. The predicted octanol–water partition coefficient (Wildman–Crippen LogP) is 3.79. The molecule has 2 aromatic heterocycles. The highest BCUT2D eigenvalue weighted by Gasteiger charge is 2.35. The van der Waals surface area contributed by atoms with Gasteiger partial charge in [-0.1, -0.05) is 0 Å². The fraction of sp³-hybridized carbons (Fsp3) is 0.650. The van der Waals surface area contributed by atoms with Crippen molar-refractivity contribution in [2.75, 3.05) is 6.54 Å². The molecule has 4 rings (SSSR count). The summed E-state index contributed by atoms with van der Waals surface area (Å²) in [5.41, 5.74) is 2.56. The number of imidazole rings is 1. The van der Waals surface area contributed by atoms with E-state index < -0.39 is 5.92 Å². The number of hydrogen-bond acceptors (Lipinski definition) is 3. The highest BCUT2D eigenvalue weighted by Crippen LogP contribution is 2.37. The van der Waals surface area contributed by atoms with Crippen LogP contribution in [0.5, 0.6) is 0 Å². The standard InChI is InChI=1S/C20H27F2N5O/c1-14-3-2-8-26(19(28)24-14)12-16-10-18-25-17(13-27(18)23-11-16)9-15-4-6-20(21,22)7-5-15/h10-11,13-15H,2-9,12H2,1H3,(H,24,28). The van der Waals surface area contributed by atoms with Crippen LogP contribution in [0.3, 0.4) is 0 Å². The van der Waals surface area contributed by atoms with Gasteiger partial charge in [0.05, 0.1) is 18.1 Å². The Balaban J connectivity index is 1.42. The van der Waals surface area contributed by atoms with Crippen LogP contribution in [0.15, 0.2) is 18.5 Å². The Labute approximate surface area is 163 Å². The number of halogens is 2. The van der Waals surface area contributed by atoms with Crippen LogP contribution in [0.4, 0.5) is 13.6 Å². The van der Waals surface area contributed by atoms with Crippen molar-refractivity contribution in [1.82, 2.24) is 24.8 Å². The zero-order chi connectivity index (χ0) is 19.7. The summed E-state index contributed by atoms with van der Waals surface area (Å²) in [5, 5.41) is 7.42. The zero-order valence-electron chi connectivity index (χ0n) is 16.2. The van der Waals surface area contributed by atoms with Crippen molar-refractivity contribution in [3.8, 4) is 0 Å². The van der Waals surface area contributed by atoms with Gasteiger partial charge >= 0.3 is 6.03 Å². The molecule has 8 heteroatoms. The van der Waals surface area contributed by atoms with Crippen LogP contribution >= 0.6 is 0 Å². The summed E-state index contributed by atoms with van der Waals surface area (Å²) in [4.78, 5) is 18.7. The van der Waals surface area contributed by atoms with Gasteiger partial charge in [0.1, 0.15) is 0 Å². The van der Waals surface area contributed by atoms with E-state index in [1.54, 1.807) is 10.7 Å². The lowest BCUT2D eigenvalue weighted by atomic mass is 9.84. The molecule has 2 amide bonds. The maximum atomic E-state index is 13.3. The Hall–Kier alpha value is -2.25. The number of hydrogen-bond donors (Lipinski definition) is 1. The van der Waals surface area contributed by atoms with Crippen molar-refractivity contribution < 1.29 is 13.6 Å². The van der Waals surface area contributed by atoms with E-state index in [0.717, 1.165) is 36.3 Å². The fourth-order valence-corrected chi connectivity index (χ4v) is 4.18. The third-order valence-corrected chi connectivity index (χ3v) is 5.86. The first-order chi connectivity index (χ1) is 13.4. The second-order valence-corrected chi connectivity index (χ2v) is 8.32. The number of nitrogens with one attached hydrogen (secondary N) is 1. The molecule has 1 N–H and O–H groups in total. The summed E-state index contributed by atoms with van der Waals surface area (Å²) in [5.74, 6) is -2.24. The minimum Gasteiger partial charge on any atom is -0.336 e. The molecule has 0 bridgehead atoms. The summed E-state index contributed by atoms with van der Waals surface area (Å²) >= 11 is 0. The van der Waals surface area contributed by atoms with Gasteiger partial charge in [0.2, 0.25) is 5.92 Å². The monoisotopic (exact) mass is 391 g/mol. The average Bonchev–Trinajstić information content (AvgIpc) is 2.96. The van der Waals surface area contributed by atoms with Crippen LogP contribution < -0.4 is 5.32 Å². The molecular weight excluding hydrogens is 364 g/mol. The molecule has 0 aromatic carbocycles. The quantitative estimate of drug-likeness (QED) is 0.863. The average molecular weight is 391 g/mol. The molecule has 6 nitrogen and oxygen atoms in total. The second kappa shape index (κ2) is 7.64. The predicted molar refractivity (Wildman–Crippen MR) is 101 cm³/mol. The van der Waals surface area contributed by atoms with E-state index in [4.69, 9.17) is 0 Å². The first-order valence-electron chi connectivity index (χ1n) is 10.1. The van der Waals surface area contributed by atoms with Crippen LogP contribution in [0, 0.1) is 5.92 Å². The van der Waals surface area contributed by atoms with E-state index >= 15 is 0 Å². The molecule has 1 unspecified atom stereocenters. The number of rotatable bonds is 4. The molecule has 0 radical (unpaired) electrons. The van der Waals surface area contributed by atoms with Crippen LogP contribution in [-0.4, -0.2) is 44.0 Å². The maximum absolute atomic E-state index is 13.3. The van der Waals surface area contributed by atoms with E-state index in [1.807, 2.05) is 24.1 Å². The van der Waals surface area contributed by atoms with Crippen molar-refractivity contribution >= 4 is 11.7 Å². The van der Waals surface area contributed by atoms with Crippen molar-refractivity contribution in [2.24, 2.45) is 5.92 Å². The van der Waals surface area contributed by atoms with Gasteiger partial charge in [-0.05, 0) is 56.6 Å². The number of fused-ring (bicyclic) bond motifs is 1. The molecule has 1 aliphatic carbocycles. The van der Waals surface area contributed by atoms with Gasteiger partial charge in [-0.25, -0.2) is 23.1 Å². The molecule has 2 aromatic rings. The Morgan fingerprint density at radius 3 is 2.86 bits per heavy atom. The van der Waals surface area contributed by atoms with Crippen molar-refractivity contribution in [3.05, 3.63) is 29.7 Å². The van der Waals surface area contributed by atoms with Crippen LogP contribution in [0.1, 0.15) is 56.7 Å². The Morgan fingerprint density at radius 2 is 2.07 bits per heavy atom. The SMILES string of the molecule is CC1CCCN(Cc2cnn3cc(CC4CCC(F)(F)CC4)nc3c2)C(=O)N1. The van der Waals surface area contributed by atoms with Gasteiger partial charge in [-0.15, -0.1) is 0 Å². The van der Waals surface area contributed by atoms with E-state index in [1.165, 1.54) is 0 Å². The number of carbonyl (C=O) groups excluding carboxylic acids is 1. The lowest BCUT2D eigenvalue weighted by Gasteiger charge is -2.27. The van der Waals surface area contributed by atoms with Gasteiger partial charge < -0.3 is 10.2 Å². The molecule has 1 saturated carbocycles. The van der Waals surface area contributed by atoms with E-state index in [2.05, 4.69) is 15.4 Å². The zero-order valence-corrected chi connectivity index (χ0v) is 16.2. The number of alkyl halides is 2. The minimum atomic E-state index is -2.50. The van der Waals surface area contributed by atoms with Crippen LogP contribution in [0.2, 0.25) is 0 Å². The van der Waals surface area contributed by atoms with Gasteiger partial charge in [-0.3, -0.25) is 0 Å². The number of urea groups is 1. The van der Waals surface area contributed by atoms with Crippen LogP contribution in [0.25, 0.3) is 5.65 Å². The molecule has 2 aliphatic rings. The third kappa shape index (κ3) is 4.42. The van der Waals surface area contributed by atoms with Crippen molar-refractivity contribution in [2.45, 2.75) is 70.4 Å². The van der Waals surface area contributed by atoms with Gasteiger partial charge in [0, 0.05) is 32.0 Å².